The fourth-order valence-electron chi connectivity index (χ4n) is 4.45. The highest BCUT2D eigenvalue weighted by molar-refractivity contribution is 7.13. The van der Waals surface area contributed by atoms with Crippen LogP contribution in [0.15, 0.2) is 17.7 Å². The van der Waals surface area contributed by atoms with Crippen molar-refractivity contribution in [1.29, 1.82) is 0 Å². The van der Waals surface area contributed by atoms with E-state index in [1.807, 2.05) is 6.08 Å². The summed E-state index contributed by atoms with van der Waals surface area (Å²) in [5.74, 6) is -1.31. The summed E-state index contributed by atoms with van der Waals surface area (Å²) in [5.41, 5.74) is 1.85. The molecule has 3 aliphatic rings. The molecule has 3 heterocycles. The van der Waals surface area contributed by atoms with Gasteiger partial charge >= 0.3 is 12.2 Å². The molecule has 180 valence electrons. The molecule has 2 unspecified atom stereocenters. The number of amides is 2. The number of nitrogens with one attached hydrogen (secondary N) is 1. The number of halogens is 2. The van der Waals surface area contributed by atoms with Gasteiger partial charge in [0.1, 0.15) is 36.0 Å². The molecule has 1 N–H and O–H groups in total. The van der Waals surface area contributed by atoms with E-state index in [9.17, 15) is 9.59 Å². The van der Waals surface area contributed by atoms with Gasteiger partial charge in [-0.25, -0.2) is 23.3 Å². The van der Waals surface area contributed by atoms with Crippen LogP contribution in [-0.2, 0) is 9.47 Å². The van der Waals surface area contributed by atoms with Gasteiger partial charge in [-0.3, -0.25) is 4.90 Å². The summed E-state index contributed by atoms with van der Waals surface area (Å²) in [6.07, 6.45) is 0.898. The van der Waals surface area contributed by atoms with Crippen LogP contribution in [0.5, 0.6) is 0 Å². The Kier molecular flexibility index (Phi) is 5.52. The Bertz CT molecular complexity index is 1180. The number of cyclic esters (lactones) is 1. The van der Waals surface area contributed by atoms with Gasteiger partial charge in [-0.2, -0.15) is 0 Å². The van der Waals surface area contributed by atoms with Gasteiger partial charge in [-0.1, -0.05) is 17.4 Å². The topological polar surface area (TPSA) is 96.9 Å². The van der Waals surface area contributed by atoms with Crippen LogP contribution >= 0.6 is 11.3 Å². The second kappa shape index (κ2) is 8.27. The van der Waals surface area contributed by atoms with Gasteiger partial charge in [0, 0.05) is 17.7 Å². The van der Waals surface area contributed by atoms with Gasteiger partial charge in [0.25, 0.3) is 0 Å². The van der Waals surface area contributed by atoms with Crippen molar-refractivity contribution in [3.63, 3.8) is 0 Å². The maximum Gasteiger partial charge on any atom is 0.418 e. The number of carbonyl (C=O) groups is 2. The minimum absolute atomic E-state index is 0.0162. The van der Waals surface area contributed by atoms with Crippen molar-refractivity contribution < 1.29 is 27.8 Å². The molecule has 9 nitrogen and oxygen atoms in total. The minimum atomic E-state index is -0.822. The number of carbonyl (C=O) groups excluding carboxylic acids is 2. The molecule has 5 rings (SSSR count). The number of hydrogen-bond acceptors (Lipinski definition) is 8. The number of rotatable bonds is 4. The van der Waals surface area contributed by atoms with Gasteiger partial charge in [0.15, 0.2) is 0 Å². The minimum Gasteiger partial charge on any atom is -0.447 e. The van der Waals surface area contributed by atoms with Crippen LogP contribution in [0.2, 0.25) is 0 Å². The molecule has 1 aromatic carbocycles. The lowest BCUT2D eigenvalue weighted by molar-refractivity contribution is 0.0560. The fraction of sp³-hybridized carbons (Fsp3) is 0.455. The number of ether oxygens (including phenoxy) is 2. The highest BCUT2D eigenvalue weighted by Gasteiger charge is 2.42. The predicted molar refractivity (Wildman–Crippen MR) is 119 cm³/mol. The number of anilines is 1. The molecule has 1 aromatic heterocycles. The molecule has 1 fully saturated rings. The second-order valence-electron chi connectivity index (χ2n) is 9.26. The Hall–Kier alpha value is -3.12. The first kappa shape index (κ1) is 22.7. The second-order valence-corrected chi connectivity index (χ2v) is 10.1. The third-order valence-corrected chi connectivity index (χ3v) is 6.58. The average molecular weight is 492 g/mol. The smallest absolute Gasteiger partial charge is 0.418 e. The molecule has 1 saturated heterocycles. The summed E-state index contributed by atoms with van der Waals surface area (Å²) in [6.45, 7) is 5.32. The molecule has 2 aliphatic heterocycles. The maximum atomic E-state index is 15.4. The van der Waals surface area contributed by atoms with Crippen LogP contribution in [0.3, 0.4) is 0 Å². The number of fused-ring (bicyclic) bond motifs is 5. The van der Waals surface area contributed by atoms with Gasteiger partial charge in [0.2, 0.25) is 5.13 Å². The molecule has 0 radical (unpaired) electrons. The molecule has 2 amide bonds. The average Bonchev–Trinajstić information content (AvgIpc) is 3.40. The van der Waals surface area contributed by atoms with Crippen molar-refractivity contribution in [3.8, 4) is 0 Å². The van der Waals surface area contributed by atoms with E-state index in [1.165, 1.54) is 16.5 Å². The largest absolute Gasteiger partial charge is 0.447 e. The molecule has 2 atom stereocenters. The zero-order chi connectivity index (χ0) is 24.2. The van der Waals surface area contributed by atoms with E-state index in [1.54, 1.807) is 20.8 Å². The van der Waals surface area contributed by atoms with Crippen molar-refractivity contribution in [2.75, 3.05) is 24.7 Å². The third kappa shape index (κ3) is 3.90. The van der Waals surface area contributed by atoms with Crippen molar-refractivity contribution in [2.45, 2.75) is 44.9 Å². The van der Waals surface area contributed by atoms with E-state index >= 15 is 8.78 Å². The zero-order valence-electron chi connectivity index (χ0n) is 18.8. The number of aromatic nitrogens is 2. The molecule has 12 heteroatoms. The van der Waals surface area contributed by atoms with Crippen molar-refractivity contribution in [1.82, 2.24) is 20.4 Å². The monoisotopic (exact) mass is 491 g/mol. The number of hydrogen-bond donors (Lipinski definition) is 1. The van der Waals surface area contributed by atoms with E-state index in [4.69, 9.17) is 9.47 Å². The summed E-state index contributed by atoms with van der Waals surface area (Å²) >= 11 is 1.09. The first-order valence-electron chi connectivity index (χ1n) is 10.8. The van der Waals surface area contributed by atoms with Crippen molar-refractivity contribution in [2.24, 2.45) is 0 Å². The molecule has 0 spiro atoms. The van der Waals surface area contributed by atoms with E-state index in [-0.39, 0.29) is 29.5 Å². The van der Waals surface area contributed by atoms with Gasteiger partial charge in [-0.15, -0.1) is 10.2 Å². The molecular weight excluding hydrogens is 468 g/mol. The highest BCUT2D eigenvalue weighted by atomic mass is 32.1. The normalized spacial score (nSPS) is 21.3. The molecule has 1 aliphatic carbocycles. The Labute approximate surface area is 198 Å². The lowest BCUT2D eigenvalue weighted by Crippen LogP contribution is -2.45. The lowest BCUT2D eigenvalue weighted by Gasteiger charge is -2.35. The molecule has 0 saturated carbocycles. The highest BCUT2D eigenvalue weighted by Crippen LogP contribution is 2.44. The summed E-state index contributed by atoms with van der Waals surface area (Å²) in [7, 11) is 0. The van der Waals surface area contributed by atoms with Crippen LogP contribution in [0.25, 0.3) is 5.57 Å². The summed E-state index contributed by atoms with van der Waals surface area (Å²) in [4.78, 5) is 28.1. The van der Waals surface area contributed by atoms with Crippen LogP contribution in [0.1, 0.15) is 56.0 Å². The Morgan fingerprint density at radius 1 is 1.41 bits per heavy atom. The third-order valence-electron chi connectivity index (χ3n) is 5.87. The van der Waals surface area contributed by atoms with Gasteiger partial charge in [0.05, 0.1) is 12.1 Å². The number of nitrogens with zero attached hydrogens (tertiary/aromatic N) is 4. The quantitative estimate of drug-likeness (QED) is 0.687. The predicted octanol–water partition coefficient (Wildman–Crippen LogP) is 4.14. The van der Waals surface area contributed by atoms with Gasteiger partial charge < -0.3 is 14.8 Å². The Balaban J connectivity index is 1.51. The summed E-state index contributed by atoms with van der Waals surface area (Å²) in [6, 6.07) is 0.00923. The van der Waals surface area contributed by atoms with Gasteiger partial charge in [-0.05, 0) is 44.4 Å². The molecular formula is C22H23F2N5O4S. The van der Waals surface area contributed by atoms with Crippen LogP contribution in [0.4, 0.5) is 23.5 Å². The Morgan fingerprint density at radius 2 is 2.21 bits per heavy atom. The lowest BCUT2D eigenvalue weighted by atomic mass is 9.81. The van der Waals surface area contributed by atoms with E-state index in [0.717, 1.165) is 16.2 Å². The Morgan fingerprint density at radius 3 is 2.91 bits per heavy atom. The van der Waals surface area contributed by atoms with Crippen molar-refractivity contribution >= 4 is 34.2 Å². The van der Waals surface area contributed by atoms with Crippen LogP contribution in [-0.4, -0.2) is 52.7 Å². The first-order valence-corrected chi connectivity index (χ1v) is 11.7. The molecule has 2 aromatic rings. The van der Waals surface area contributed by atoms with Crippen LogP contribution < -0.4 is 10.2 Å². The van der Waals surface area contributed by atoms with E-state index < -0.39 is 41.5 Å². The molecule has 34 heavy (non-hydrogen) atoms. The van der Waals surface area contributed by atoms with Crippen LogP contribution in [0, 0.1) is 11.6 Å². The first-order chi connectivity index (χ1) is 16.1. The standard InChI is InChI=1S/C22H23F2N5O4S/c1-22(2,3)33-21(31)29(19-27-26-9-34-19)10-28-15(8-32-20(28)30)12-7-13(23)16-11-4-5-25-14(6-11)17(12)18(16)24/h6-7,9,14-15,25H,4-5,8,10H2,1-3H3. The maximum absolute atomic E-state index is 15.4. The number of benzene rings is 1. The molecule has 4 bridgehead atoms. The summed E-state index contributed by atoms with van der Waals surface area (Å²) in [5, 5.41) is 11.1. The van der Waals surface area contributed by atoms with Crippen molar-refractivity contribution in [3.05, 3.63) is 46.0 Å². The van der Waals surface area contributed by atoms with E-state index in [2.05, 4.69) is 15.5 Å². The summed E-state index contributed by atoms with van der Waals surface area (Å²) < 4.78 is 41.2. The van der Waals surface area contributed by atoms with E-state index in [0.29, 0.717) is 24.1 Å². The SMILES string of the molecule is CC(C)(C)OC(=O)N(CN1C(=O)OCC1c1cc(F)c2c(F)c1C1C=C2CCN1)c1nncs1. The zero-order valence-corrected chi connectivity index (χ0v) is 19.6. The fourth-order valence-corrected chi connectivity index (χ4v) is 5.00.